The van der Waals surface area contributed by atoms with E-state index < -0.39 is 0 Å². The zero-order chi connectivity index (χ0) is 65.5. The van der Waals surface area contributed by atoms with Gasteiger partial charge in [0.15, 0.2) is 0 Å². The maximum Gasteiger partial charge on any atom is 0.252 e. The maximum absolute atomic E-state index is 6.67. The molecule has 14 aromatic rings. The molecular formula is C91H76BN3O. The number of rotatable bonds is 9. The van der Waals surface area contributed by atoms with Crippen molar-refractivity contribution in [1.29, 1.82) is 0 Å². The lowest BCUT2D eigenvalue weighted by Crippen LogP contribution is -2.61. The molecule has 0 atom stereocenters. The van der Waals surface area contributed by atoms with Gasteiger partial charge < -0.3 is 19.1 Å². The first-order valence-corrected chi connectivity index (χ1v) is 34.0. The Bertz CT molecular complexity index is 5400. The van der Waals surface area contributed by atoms with Crippen LogP contribution in [-0.4, -0.2) is 6.71 Å². The van der Waals surface area contributed by atoms with E-state index in [0.717, 1.165) is 67.2 Å². The summed E-state index contributed by atoms with van der Waals surface area (Å²) in [6.45, 7) is 23.4. The number of para-hydroxylation sites is 2. The third-order valence-corrected chi connectivity index (χ3v) is 21.0. The van der Waals surface area contributed by atoms with Gasteiger partial charge in [0.2, 0.25) is 0 Å². The van der Waals surface area contributed by atoms with Crippen molar-refractivity contribution in [1.82, 2.24) is 0 Å². The van der Waals surface area contributed by atoms with Crippen molar-refractivity contribution in [2.45, 2.75) is 85.5 Å². The van der Waals surface area contributed by atoms with E-state index in [1.165, 1.54) is 111 Å². The van der Waals surface area contributed by atoms with Crippen molar-refractivity contribution >= 4 is 96.2 Å². The van der Waals surface area contributed by atoms with Gasteiger partial charge in [-0.2, -0.15) is 0 Å². The molecule has 0 saturated heterocycles. The van der Waals surface area contributed by atoms with Gasteiger partial charge in [-0.25, -0.2) is 0 Å². The minimum absolute atomic E-state index is 0.0377. The SMILES string of the molecule is Cc1cc(C(C)(C)C)cc(C)c1N(c1ccc(-c2ccccc2)cc1)c1ccc2c(c1)N(c1cc3c(cc1-c1ccccc1)-c1ccccc1C3(C)C)c1cc(C(C)(C)C)cc3c1B2c1cc(-c2ccccc2)ccc1N3c1ccc(-c2cccc3c2oc2ccccc23)cc1. The van der Waals surface area contributed by atoms with Crippen LogP contribution in [0.3, 0.4) is 0 Å². The largest absolute Gasteiger partial charge is 0.455 e. The number of nitrogens with zero attached hydrogens (tertiary/aromatic N) is 3. The van der Waals surface area contributed by atoms with Gasteiger partial charge in [-0.1, -0.05) is 262 Å². The third kappa shape index (κ3) is 9.48. The molecule has 0 amide bonds. The van der Waals surface area contributed by atoms with E-state index in [1.807, 2.05) is 0 Å². The number of aryl methyl sites for hydroxylation is 2. The van der Waals surface area contributed by atoms with Crippen molar-refractivity contribution in [3.63, 3.8) is 0 Å². The lowest BCUT2D eigenvalue weighted by molar-refractivity contribution is 0.589. The Balaban J connectivity index is 0.961. The van der Waals surface area contributed by atoms with Gasteiger partial charge in [0.25, 0.3) is 6.71 Å². The van der Waals surface area contributed by atoms with Gasteiger partial charge in [-0.05, 0) is 192 Å². The molecule has 0 radical (unpaired) electrons. The van der Waals surface area contributed by atoms with Crippen LogP contribution in [0, 0.1) is 13.8 Å². The van der Waals surface area contributed by atoms with E-state index in [2.05, 4.69) is 363 Å². The van der Waals surface area contributed by atoms with E-state index in [4.69, 9.17) is 4.42 Å². The van der Waals surface area contributed by atoms with Gasteiger partial charge in [0.05, 0.1) is 11.4 Å². The van der Waals surface area contributed by atoms with Crippen LogP contribution in [0.25, 0.3) is 77.6 Å². The first-order chi connectivity index (χ1) is 46.5. The normalized spacial score (nSPS) is 13.5. The quantitative estimate of drug-likeness (QED) is 0.134. The van der Waals surface area contributed by atoms with Crippen LogP contribution in [0.2, 0.25) is 0 Å². The molecule has 0 spiro atoms. The fraction of sp³-hybridized carbons (Fsp3) is 0.143. The van der Waals surface area contributed by atoms with Gasteiger partial charge in [-0.15, -0.1) is 0 Å². The molecular weight excluding hydrogens is 1160 g/mol. The number of fused-ring (bicyclic) bond motifs is 10. The molecule has 0 N–H and O–H groups in total. The van der Waals surface area contributed by atoms with Crippen molar-refractivity contribution < 1.29 is 4.42 Å². The zero-order valence-electron chi connectivity index (χ0n) is 56.4. The lowest BCUT2D eigenvalue weighted by atomic mass is 9.33. The van der Waals surface area contributed by atoms with Crippen LogP contribution in [0.5, 0.6) is 0 Å². The Morgan fingerprint density at radius 1 is 0.365 bits per heavy atom. The first-order valence-electron chi connectivity index (χ1n) is 34.0. The highest BCUT2D eigenvalue weighted by Crippen LogP contribution is 2.56. The Labute approximate surface area is 565 Å². The van der Waals surface area contributed by atoms with E-state index in [9.17, 15) is 0 Å². The first kappa shape index (κ1) is 58.9. The number of benzene rings is 13. The summed E-state index contributed by atoms with van der Waals surface area (Å²) in [5, 5.41) is 2.25. The van der Waals surface area contributed by atoms with E-state index in [0.29, 0.717) is 0 Å². The van der Waals surface area contributed by atoms with Crippen LogP contribution in [0.4, 0.5) is 51.2 Å². The topological polar surface area (TPSA) is 22.9 Å². The van der Waals surface area contributed by atoms with Crippen LogP contribution in [0.1, 0.15) is 88.8 Å². The Morgan fingerprint density at radius 2 is 0.906 bits per heavy atom. The standard InChI is InChI=1S/C91H76BN3O/c1-57-49-65(89(3,4)5)50-58(2)87(57)93(67-42-37-61(38-43-67)59-25-14-11-15-26-59)69-46-47-78-82(54-69)95(81-56-77-75(55-74(81)62-29-18-13-19-30-62)71-31-20-22-35-76(71)91(77,9)10)84-53-66(90(6,7)8)52-83-86(84)92(78)79-51-64(60-27-16-12-17-28-60)41-48-80(79)94(83)68-44-39-63(40-45-68)70-33-24-34-73-72-32-21-23-36-85(72)96-88(70)73/h11-56H,1-10H3. The number of anilines is 9. The lowest BCUT2D eigenvalue weighted by Gasteiger charge is -2.46. The molecule has 0 fully saturated rings. The van der Waals surface area contributed by atoms with Crippen molar-refractivity contribution in [3.8, 4) is 55.6 Å². The molecule has 0 bridgehead atoms. The maximum atomic E-state index is 6.67. The van der Waals surface area contributed by atoms with Gasteiger partial charge >= 0.3 is 0 Å². The highest BCUT2D eigenvalue weighted by Gasteiger charge is 2.46. The summed E-state index contributed by atoms with van der Waals surface area (Å²) in [6.07, 6.45) is 0. The summed E-state index contributed by atoms with van der Waals surface area (Å²) in [5.74, 6) is 0. The van der Waals surface area contributed by atoms with E-state index >= 15 is 0 Å². The summed E-state index contributed by atoms with van der Waals surface area (Å²) >= 11 is 0. The molecule has 0 saturated carbocycles. The second-order valence-electron chi connectivity index (χ2n) is 29.4. The molecule has 17 rings (SSSR count). The van der Waals surface area contributed by atoms with Crippen LogP contribution in [0.15, 0.2) is 283 Å². The molecule has 464 valence electrons. The highest BCUT2D eigenvalue weighted by molar-refractivity contribution is 7.00. The van der Waals surface area contributed by atoms with Crippen molar-refractivity contribution in [3.05, 3.63) is 312 Å². The zero-order valence-corrected chi connectivity index (χ0v) is 56.4. The second kappa shape index (κ2) is 22.1. The number of hydrogen-bond acceptors (Lipinski definition) is 4. The predicted molar refractivity (Wildman–Crippen MR) is 409 cm³/mol. The summed E-state index contributed by atoms with van der Waals surface area (Å²) in [5.41, 5.74) is 34.8. The Kier molecular flexibility index (Phi) is 13.6. The smallest absolute Gasteiger partial charge is 0.252 e. The average molecular weight is 1240 g/mol. The molecule has 0 unspecified atom stereocenters. The van der Waals surface area contributed by atoms with Crippen LogP contribution < -0.4 is 31.1 Å². The summed E-state index contributed by atoms with van der Waals surface area (Å²) < 4.78 is 6.67. The van der Waals surface area contributed by atoms with Crippen LogP contribution >= 0.6 is 0 Å². The third-order valence-electron chi connectivity index (χ3n) is 21.0. The van der Waals surface area contributed by atoms with E-state index in [1.54, 1.807) is 0 Å². The Hall–Kier alpha value is -10.9. The fourth-order valence-electron chi connectivity index (χ4n) is 16.0. The predicted octanol–water partition coefficient (Wildman–Crippen LogP) is 23.3. The minimum Gasteiger partial charge on any atom is -0.455 e. The number of hydrogen-bond donors (Lipinski definition) is 0. The van der Waals surface area contributed by atoms with Crippen molar-refractivity contribution in [2.75, 3.05) is 14.7 Å². The summed E-state index contributed by atoms with van der Waals surface area (Å²) in [4.78, 5) is 7.82. The van der Waals surface area contributed by atoms with Gasteiger partial charge in [0, 0.05) is 67.1 Å². The summed E-state index contributed by atoms with van der Waals surface area (Å²) in [6, 6.07) is 105. The Morgan fingerprint density at radius 3 is 1.59 bits per heavy atom. The molecule has 4 nitrogen and oxygen atoms in total. The number of furan rings is 1. The fourth-order valence-corrected chi connectivity index (χ4v) is 16.0. The summed E-state index contributed by atoms with van der Waals surface area (Å²) in [7, 11) is 0. The molecule has 96 heavy (non-hydrogen) atoms. The molecule has 2 aliphatic heterocycles. The monoisotopic (exact) mass is 1240 g/mol. The average Bonchev–Trinajstić information content (AvgIpc) is 0.860. The minimum atomic E-state index is -0.283. The molecule has 5 heteroatoms. The molecule has 3 aliphatic rings. The highest BCUT2D eigenvalue weighted by atomic mass is 16.3. The van der Waals surface area contributed by atoms with Gasteiger partial charge in [0.1, 0.15) is 11.2 Å². The van der Waals surface area contributed by atoms with E-state index in [-0.39, 0.29) is 23.0 Å². The molecule has 13 aromatic carbocycles. The molecule has 3 heterocycles. The van der Waals surface area contributed by atoms with Crippen LogP contribution in [-0.2, 0) is 16.2 Å². The molecule has 1 aromatic heterocycles. The second-order valence-corrected chi connectivity index (χ2v) is 29.4. The van der Waals surface area contributed by atoms with Gasteiger partial charge in [-0.3, -0.25) is 0 Å². The molecule has 1 aliphatic carbocycles. The van der Waals surface area contributed by atoms with Crippen molar-refractivity contribution in [2.24, 2.45) is 0 Å².